The van der Waals surface area contributed by atoms with Crippen LogP contribution in [0.25, 0.3) is 11.1 Å². The summed E-state index contributed by atoms with van der Waals surface area (Å²) in [4.78, 5) is 16.7. The predicted molar refractivity (Wildman–Crippen MR) is 90.0 cm³/mol. The number of nitrogens with one attached hydrogen (secondary N) is 1. The molecule has 0 aliphatic rings. The minimum atomic E-state index is -4.60. The Morgan fingerprint density at radius 3 is 2.70 bits per heavy atom. The zero-order valence-corrected chi connectivity index (χ0v) is 14.5. The zero-order valence-electron chi connectivity index (χ0n) is 14.5. The van der Waals surface area contributed by atoms with Gasteiger partial charge in [0.2, 0.25) is 0 Å². The Labute approximate surface area is 152 Å². The van der Waals surface area contributed by atoms with Crippen molar-refractivity contribution in [2.24, 2.45) is 0 Å². The van der Waals surface area contributed by atoms with Gasteiger partial charge in [0.05, 0.1) is 28.3 Å². The Kier molecular flexibility index (Phi) is 4.88. The van der Waals surface area contributed by atoms with Crippen molar-refractivity contribution in [2.45, 2.75) is 26.1 Å². The van der Waals surface area contributed by atoms with E-state index < -0.39 is 23.8 Å². The van der Waals surface area contributed by atoms with E-state index in [-0.39, 0.29) is 23.4 Å². The summed E-state index contributed by atoms with van der Waals surface area (Å²) < 4.78 is 44.3. The number of hydrogen-bond donors (Lipinski definition) is 2. The van der Waals surface area contributed by atoms with Gasteiger partial charge in [-0.25, -0.2) is 4.98 Å². The van der Waals surface area contributed by atoms with Gasteiger partial charge in [0.25, 0.3) is 11.6 Å². The third-order valence-electron chi connectivity index (χ3n) is 4.07. The summed E-state index contributed by atoms with van der Waals surface area (Å²) >= 11 is 0. The standard InChI is InChI=1S/C18H16F3N3O3/c1-9-7-12(15-10(2)24-27-17(15)23-9)16(26)22-8-14(25)11-5-3-4-6-13(11)18(19,20)21/h3-7,14,25H,8H2,1-2H3,(H,22,26). The number of hydrogen-bond acceptors (Lipinski definition) is 5. The number of fused-ring (bicyclic) bond motifs is 1. The first-order valence-corrected chi connectivity index (χ1v) is 8.04. The van der Waals surface area contributed by atoms with Crippen LogP contribution in [-0.2, 0) is 6.18 Å². The van der Waals surface area contributed by atoms with Crippen molar-refractivity contribution in [3.05, 3.63) is 58.4 Å². The number of amides is 1. The van der Waals surface area contributed by atoms with E-state index in [1.165, 1.54) is 24.3 Å². The third kappa shape index (κ3) is 3.77. The van der Waals surface area contributed by atoms with Crippen LogP contribution in [0.4, 0.5) is 13.2 Å². The molecular weight excluding hydrogens is 363 g/mol. The third-order valence-corrected chi connectivity index (χ3v) is 4.07. The minimum Gasteiger partial charge on any atom is -0.387 e. The van der Waals surface area contributed by atoms with E-state index in [9.17, 15) is 23.1 Å². The molecule has 0 aliphatic carbocycles. The molecule has 9 heteroatoms. The van der Waals surface area contributed by atoms with Crippen LogP contribution < -0.4 is 5.32 Å². The van der Waals surface area contributed by atoms with Crippen LogP contribution in [0.3, 0.4) is 0 Å². The number of carbonyl (C=O) groups is 1. The topological polar surface area (TPSA) is 88.2 Å². The van der Waals surface area contributed by atoms with E-state index in [0.29, 0.717) is 16.8 Å². The van der Waals surface area contributed by atoms with Gasteiger partial charge >= 0.3 is 6.18 Å². The highest BCUT2D eigenvalue weighted by atomic mass is 19.4. The van der Waals surface area contributed by atoms with Crippen LogP contribution in [0.5, 0.6) is 0 Å². The van der Waals surface area contributed by atoms with Gasteiger partial charge in [-0.15, -0.1) is 0 Å². The van der Waals surface area contributed by atoms with E-state index in [1.54, 1.807) is 13.8 Å². The smallest absolute Gasteiger partial charge is 0.387 e. The van der Waals surface area contributed by atoms with Crippen molar-refractivity contribution in [3.8, 4) is 0 Å². The average Bonchev–Trinajstić information content (AvgIpc) is 2.98. The summed E-state index contributed by atoms with van der Waals surface area (Å²) in [6.45, 7) is 2.93. The van der Waals surface area contributed by atoms with Crippen molar-refractivity contribution in [1.82, 2.24) is 15.5 Å². The summed E-state index contributed by atoms with van der Waals surface area (Å²) in [6, 6.07) is 6.22. The molecule has 0 bridgehead atoms. The maximum absolute atomic E-state index is 13.1. The zero-order chi connectivity index (χ0) is 19.8. The summed E-state index contributed by atoms with van der Waals surface area (Å²) in [5.41, 5.74) is 0.164. The second-order valence-corrected chi connectivity index (χ2v) is 6.07. The lowest BCUT2D eigenvalue weighted by Gasteiger charge is -2.18. The van der Waals surface area contributed by atoms with Crippen LogP contribution in [0.1, 0.15) is 39.0 Å². The summed E-state index contributed by atoms with van der Waals surface area (Å²) in [7, 11) is 0. The normalized spacial score (nSPS) is 13.0. The van der Waals surface area contributed by atoms with Crippen LogP contribution in [-0.4, -0.2) is 27.7 Å². The molecule has 2 N–H and O–H groups in total. The van der Waals surface area contributed by atoms with E-state index in [2.05, 4.69) is 15.5 Å². The molecule has 3 rings (SSSR count). The molecule has 2 aromatic heterocycles. The Morgan fingerprint density at radius 2 is 2.00 bits per heavy atom. The molecule has 0 fully saturated rings. The van der Waals surface area contributed by atoms with E-state index in [4.69, 9.17) is 4.52 Å². The van der Waals surface area contributed by atoms with Crippen molar-refractivity contribution in [3.63, 3.8) is 0 Å². The molecule has 0 aliphatic heterocycles. The highest BCUT2D eigenvalue weighted by Gasteiger charge is 2.34. The number of carbonyl (C=O) groups excluding carboxylic acids is 1. The maximum Gasteiger partial charge on any atom is 0.416 e. The number of halogens is 3. The van der Waals surface area contributed by atoms with Crippen LogP contribution >= 0.6 is 0 Å². The molecule has 1 aromatic carbocycles. The number of alkyl halides is 3. The number of aliphatic hydroxyl groups is 1. The van der Waals surface area contributed by atoms with E-state index in [0.717, 1.165) is 6.07 Å². The second-order valence-electron chi connectivity index (χ2n) is 6.07. The van der Waals surface area contributed by atoms with E-state index >= 15 is 0 Å². The number of rotatable bonds is 4. The number of nitrogens with zero attached hydrogens (tertiary/aromatic N) is 2. The lowest BCUT2D eigenvalue weighted by molar-refractivity contribution is -0.139. The van der Waals surface area contributed by atoms with Crippen molar-refractivity contribution < 1.29 is 27.6 Å². The van der Waals surface area contributed by atoms with Crippen LogP contribution in [0.15, 0.2) is 34.9 Å². The van der Waals surface area contributed by atoms with Crippen LogP contribution in [0, 0.1) is 13.8 Å². The van der Waals surface area contributed by atoms with Gasteiger partial charge in [0.1, 0.15) is 0 Å². The Hall–Kier alpha value is -2.94. The number of aromatic nitrogens is 2. The molecule has 3 aromatic rings. The molecule has 0 radical (unpaired) electrons. The summed E-state index contributed by atoms with van der Waals surface area (Å²) in [5.74, 6) is -0.569. The molecule has 0 saturated heterocycles. The van der Waals surface area contributed by atoms with Gasteiger partial charge in [-0.05, 0) is 31.5 Å². The van der Waals surface area contributed by atoms with Crippen molar-refractivity contribution >= 4 is 17.0 Å². The Bertz CT molecular complexity index is 998. The van der Waals surface area contributed by atoms with E-state index in [1.807, 2.05) is 0 Å². The van der Waals surface area contributed by atoms with Gasteiger partial charge in [0, 0.05) is 12.2 Å². The van der Waals surface area contributed by atoms with Crippen molar-refractivity contribution in [1.29, 1.82) is 0 Å². The van der Waals surface area contributed by atoms with Gasteiger partial charge in [-0.1, -0.05) is 23.4 Å². The first-order chi connectivity index (χ1) is 12.7. The average molecular weight is 379 g/mol. The fraction of sp³-hybridized carbons (Fsp3) is 0.278. The van der Waals surface area contributed by atoms with Gasteiger partial charge < -0.3 is 14.9 Å². The molecule has 1 atom stereocenters. The maximum atomic E-state index is 13.1. The van der Waals surface area contributed by atoms with Gasteiger partial charge in [-0.3, -0.25) is 4.79 Å². The Balaban J connectivity index is 1.82. The lowest BCUT2D eigenvalue weighted by Crippen LogP contribution is -2.29. The number of aryl methyl sites for hydroxylation is 2. The molecule has 0 spiro atoms. The molecule has 1 amide bonds. The highest BCUT2D eigenvalue weighted by Crippen LogP contribution is 2.34. The number of pyridine rings is 1. The number of aliphatic hydroxyl groups excluding tert-OH is 1. The summed E-state index contributed by atoms with van der Waals surface area (Å²) in [6.07, 6.45) is -6.12. The van der Waals surface area contributed by atoms with Gasteiger partial charge in [0.15, 0.2) is 0 Å². The van der Waals surface area contributed by atoms with Gasteiger partial charge in [-0.2, -0.15) is 13.2 Å². The second kappa shape index (κ2) is 6.99. The first kappa shape index (κ1) is 18.8. The Morgan fingerprint density at radius 1 is 1.30 bits per heavy atom. The molecule has 27 heavy (non-hydrogen) atoms. The largest absolute Gasteiger partial charge is 0.416 e. The molecule has 142 valence electrons. The molecule has 1 unspecified atom stereocenters. The van der Waals surface area contributed by atoms with Crippen LogP contribution in [0.2, 0.25) is 0 Å². The highest BCUT2D eigenvalue weighted by molar-refractivity contribution is 6.06. The predicted octanol–water partition coefficient (Wildman–Crippen LogP) is 3.32. The summed E-state index contributed by atoms with van der Waals surface area (Å²) in [5, 5.41) is 16.8. The monoisotopic (exact) mass is 379 g/mol. The SMILES string of the molecule is Cc1cc(C(=O)NCC(O)c2ccccc2C(F)(F)F)c2c(C)noc2n1. The number of benzene rings is 1. The quantitative estimate of drug-likeness (QED) is 0.726. The van der Waals surface area contributed by atoms with Crippen molar-refractivity contribution in [2.75, 3.05) is 6.54 Å². The molecule has 0 saturated carbocycles. The lowest BCUT2D eigenvalue weighted by atomic mass is 10.0. The molecule has 2 heterocycles. The minimum absolute atomic E-state index is 0.195. The first-order valence-electron chi connectivity index (χ1n) is 8.04. The molecule has 6 nitrogen and oxygen atoms in total. The fourth-order valence-corrected chi connectivity index (χ4v) is 2.84. The molecular formula is C18H16F3N3O3. The fourth-order valence-electron chi connectivity index (χ4n) is 2.84.